The fourth-order valence-electron chi connectivity index (χ4n) is 1.54. The molecule has 1 saturated heterocycles. The quantitative estimate of drug-likeness (QED) is 0.558. The minimum absolute atomic E-state index is 0.160. The zero-order valence-corrected chi connectivity index (χ0v) is 5.47. The summed E-state index contributed by atoms with van der Waals surface area (Å²) in [5.74, 6) is 0. The second kappa shape index (κ2) is 1.70. The Morgan fingerprint density at radius 2 is 2.33 bits per heavy atom. The van der Waals surface area contributed by atoms with Gasteiger partial charge in [-0.25, -0.2) is 0 Å². The number of aliphatic hydroxyl groups is 1. The van der Waals surface area contributed by atoms with Crippen molar-refractivity contribution in [2.75, 3.05) is 13.2 Å². The minimum Gasteiger partial charge on any atom is -0.394 e. The minimum atomic E-state index is 0.160. The maximum Gasteiger partial charge on any atom is 0.0812 e. The van der Waals surface area contributed by atoms with Gasteiger partial charge in [-0.05, 0) is 24.7 Å². The molecule has 2 fully saturated rings. The number of ether oxygens (including phenoxy) is 1. The summed E-state index contributed by atoms with van der Waals surface area (Å²) in [5.41, 5.74) is 0.535. The lowest BCUT2D eigenvalue weighted by atomic mass is 10.0. The molecule has 9 heavy (non-hydrogen) atoms. The van der Waals surface area contributed by atoms with Gasteiger partial charge in [0.1, 0.15) is 0 Å². The molecule has 0 aromatic rings. The van der Waals surface area contributed by atoms with E-state index in [1.807, 2.05) is 0 Å². The summed E-state index contributed by atoms with van der Waals surface area (Å²) < 4.78 is 5.33. The molecular weight excluding hydrogens is 116 g/mol. The zero-order chi connectivity index (χ0) is 6.32. The van der Waals surface area contributed by atoms with Crippen molar-refractivity contribution >= 4 is 0 Å². The van der Waals surface area contributed by atoms with Crippen LogP contribution in [-0.2, 0) is 4.74 Å². The topological polar surface area (TPSA) is 29.5 Å². The van der Waals surface area contributed by atoms with Crippen molar-refractivity contribution in [1.29, 1.82) is 0 Å². The van der Waals surface area contributed by atoms with Crippen molar-refractivity contribution in [2.45, 2.75) is 25.4 Å². The van der Waals surface area contributed by atoms with E-state index in [0.717, 1.165) is 13.0 Å². The maximum atomic E-state index is 8.70. The average molecular weight is 128 g/mol. The van der Waals surface area contributed by atoms with Crippen LogP contribution in [0, 0.1) is 5.41 Å². The Morgan fingerprint density at radius 3 is 2.67 bits per heavy atom. The predicted molar refractivity (Wildman–Crippen MR) is 33.1 cm³/mol. The Labute approximate surface area is 54.8 Å². The first-order valence-corrected chi connectivity index (χ1v) is 3.57. The third-order valence-electron chi connectivity index (χ3n) is 2.45. The number of hydrogen-bond donors (Lipinski definition) is 1. The fourth-order valence-corrected chi connectivity index (χ4v) is 1.54. The summed E-state index contributed by atoms with van der Waals surface area (Å²) in [5, 5.41) is 8.70. The van der Waals surface area contributed by atoms with Gasteiger partial charge in [-0.2, -0.15) is 0 Å². The number of aliphatic hydroxyl groups excluding tert-OH is 1. The summed E-state index contributed by atoms with van der Waals surface area (Å²) in [6.45, 7) is 1.11. The highest BCUT2D eigenvalue weighted by molar-refractivity contribution is 4.98. The molecule has 1 spiro atoms. The first kappa shape index (κ1) is 5.69. The Kier molecular flexibility index (Phi) is 1.08. The van der Waals surface area contributed by atoms with Gasteiger partial charge >= 0.3 is 0 Å². The molecule has 2 aliphatic rings. The standard InChI is InChI=1S/C7H12O2/c8-4-6-3-7(1-2-7)5-9-6/h6,8H,1-5H2/t6-/m1/s1. The van der Waals surface area contributed by atoms with Gasteiger partial charge in [0.05, 0.1) is 19.3 Å². The molecule has 2 rings (SSSR count). The molecule has 1 saturated carbocycles. The van der Waals surface area contributed by atoms with Gasteiger partial charge < -0.3 is 9.84 Å². The Balaban J connectivity index is 1.93. The lowest BCUT2D eigenvalue weighted by molar-refractivity contribution is 0.0567. The molecule has 2 heteroatoms. The fraction of sp³-hybridized carbons (Fsp3) is 1.00. The predicted octanol–water partition coefficient (Wildman–Crippen LogP) is 0.548. The second-order valence-electron chi connectivity index (χ2n) is 3.32. The molecule has 1 aliphatic carbocycles. The first-order chi connectivity index (χ1) is 4.35. The van der Waals surface area contributed by atoms with Crippen LogP contribution in [0.1, 0.15) is 19.3 Å². The molecule has 1 heterocycles. The van der Waals surface area contributed by atoms with E-state index in [1.165, 1.54) is 12.8 Å². The SMILES string of the molecule is OC[C@H]1CC2(CC2)CO1. The van der Waals surface area contributed by atoms with Crippen LogP contribution in [-0.4, -0.2) is 24.4 Å². The van der Waals surface area contributed by atoms with Crippen LogP contribution in [0.2, 0.25) is 0 Å². The van der Waals surface area contributed by atoms with Gasteiger partial charge in [-0.1, -0.05) is 0 Å². The monoisotopic (exact) mass is 128 g/mol. The van der Waals surface area contributed by atoms with E-state index in [2.05, 4.69) is 0 Å². The van der Waals surface area contributed by atoms with Crippen LogP contribution in [0.5, 0.6) is 0 Å². The van der Waals surface area contributed by atoms with Crippen LogP contribution in [0.15, 0.2) is 0 Å². The van der Waals surface area contributed by atoms with Crippen LogP contribution in [0.4, 0.5) is 0 Å². The Bertz CT molecular complexity index is 118. The Hall–Kier alpha value is -0.0800. The summed E-state index contributed by atoms with van der Waals surface area (Å²) >= 11 is 0. The van der Waals surface area contributed by atoms with Crippen LogP contribution in [0.25, 0.3) is 0 Å². The van der Waals surface area contributed by atoms with Gasteiger partial charge in [0.2, 0.25) is 0 Å². The van der Waals surface area contributed by atoms with Crippen molar-refractivity contribution in [3.63, 3.8) is 0 Å². The highest BCUT2D eigenvalue weighted by Gasteiger charge is 2.49. The number of hydrogen-bond acceptors (Lipinski definition) is 2. The third kappa shape index (κ3) is 0.864. The van der Waals surface area contributed by atoms with Crippen molar-refractivity contribution in [2.24, 2.45) is 5.41 Å². The van der Waals surface area contributed by atoms with Gasteiger partial charge in [-0.3, -0.25) is 0 Å². The van der Waals surface area contributed by atoms with Crippen molar-refractivity contribution < 1.29 is 9.84 Å². The molecule has 0 aromatic heterocycles. The van der Waals surface area contributed by atoms with Gasteiger partial charge in [0, 0.05) is 0 Å². The lowest BCUT2D eigenvalue weighted by Gasteiger charge is -2.01. The normalized spacial score (nSPS) is 37.7. The second-order valence-corrected chi connectivity index (χ2v) is 3.32. The van der Waals surface area contributed by atoms with Gasteiger partial charge in [0.25, 0.3) is 0 Å². The molecular formula is C7H12O2. The largest absolute Gasteiger partial charge is 0.394 e. The van der Waals surface area contributed by atoms with E-state index in [-0.39, 0.29) is 12.7 Å². The van der Waals surface area contributed by atoms with E-state index in [0.29, 0.717) is 5.41 Å². The van der Waals surface area contributed by atoms with Crippen LogP contribution < -0.4 is 0 Å². The highest BCUT2D eigenvalue weighted by atomic mass is 16.5. The maximum absolute atomic E-state index is 8.70. The van der Waals surface area contributed by atoms with Gasteiger partial charge in [-0.15, -0.1) is 0 Å². The van der Waals surface area contributed by atoms with E-state index in [1.54, 1.807) is 0 Å². The van der Waals surface area contributed by atoms with Crippen molar-refractivity contribution in [3.8, 4) is 0 Å². The third-order valence-corrected chi connectivity index (χ3v) is 2.45. The van der Waals surface area contributed by atoms with Crippen LogP contribution >= 0.6 is 0 Å². The lowest BCUT2D eigenvalue weighted by Crippen LogP contribution is -2.09. The highest BCUT2D eigenvalue weighted by Crippen LogP contribution is 2.53. The Morgan fingerprint density at radius 1 is 1.56 bits per heavy atom. The molecule has 1 aliphatic heterocycles. The summed E-state index contributed by atoms with van der Waals surface area (Å²) in [6.07, 6.45) is 3.91. The summed E-state index contributed by atoms with van der Waals surface area (Å²) in [7, 11) is 0. The van der Waals surface area contributed by atoms with E-state index in [9.17, 15) is 0 Å². The smallest absolute Gasteiger partial charge is 0.0812 e. The molecule has 0 unspecified atom stereocenters. The molecule has 1 atom stereocenters. The average Bonchev–Trinajstić information content (AvgIpc) is 2.44. The molecule has 1 N–H and O–H groups in total. The van der Waals surface area contributed by atoms with Gasteiger partial charge in [0.15, 0.2) is 0 Å². The molecule has 0 radical (unpaired) electrons. The summed E-state index contributed by atoms with van der Waals surface area (Å²) in [4.78, 5) is 0. The first-order valence-electron chi connectivity index (χ1n) is 3.57. The van der Waals surface area contributed by atoms with E-state index < -0.39 is 0 Å². The summed E-state index contributed by atoms with van der Waals surface area (Å²) in [6, 6.07) is 0. The van der Waals surface area contributed by atoms with E-state index in [4.69, 9.17) is 9.84 Å². The molecule has 0 aromatic carbocycles. The molecule has 2 nitrogen and oxygen atoms in total. The number of rotatable bonds is 1. The van der Waals surface area contributed by atoms with Crippen LogP contribution in [0.3, 0.4) is 0 Å². The zero-order valence-electron chi connectivity index (χ0n) is 5.47. The van der Waals surface area contributed by atoms with E-state index >= 15 is 0 Å². The molecule has 0 amide bonds. The van der Waals surface area contributed by atoms with Crippen molar-refractivity contribution in [3.05, 3.63) is 0 Å². The molecule has 52 valence electrons. The van der Waals surface area contributed by atoms with Crippen molar-refractivity contribution in [1.82, 2.24) is 0 Å². The molecule has 0 bridgehead atoms.